The summed E-state index contributed by atoms with van der Waals surface area (Å²) in [6, 6.07) is 7.74. The van der Waals surface area contributed by atoms with Crippen molar-refractivity contribution < 1.29 is 9.84 Å². The third kappa shape index (κ3) is 7.92. The number of aliphatic imine (C=N–C) groups is 1. The Morgan fingerprint density at radius 2 is 2.11 bits per heavy atom. The lowest BCUT2D eigenvalue weighted by Crippen LogP contribution is -2.44. The minimum atomic E-state index is -0.951. The highest BCUT2D eigenvalue weighted by molar-refractivity contribution is 14.0. The number of rotatable bonds is 10. The molecule has 0 spiro atoms. The van der Waals surface area contributed by atoms with Crippen LogP contribution in [0.25, 0.3) is 0 Å². The first kappa shape index (κ1) is 24.6. The fourth-order valence-corrected chi connectivity index (χ4v) is 3.21. The summed E-state index contributed by atoms with van der Waals surface area (Å²) in [4.78, 5) is 9.87. The van der Waals surface area contributed by atoms with Crippen molar-refractivity contribution in [3.05, 3.63) is 46.3 Å². The van der Waals surface area contributed by atoms with Gasteiger partial charge in [-0.2, -0.15) is 0 Å². The molecule has 1 atom stereocenters. The Hall–Kier alpha value is -1.39. The number of aromatic nitrogens is 1. The molecule has 0 aliphatic carbocycles. The van der Waals surface area contributed by atoms with E-state index >= 15 is 0 Å². The smallest absolute Gasteiger partial charge is 0.218 e. The second kappa shape index (κ2) is 12.9. The summed E-state index contributed by atoms with van der Waals surface area (Å²) in [6.07, 6.45) is 3.82. The van der Waals surface area contributed by atoms with Gasteiger partial charge in [-0.3, -0.25) is 0 Å². The molecule has 2 heterocycles. The van der Waals surface area contributed by atoms with E-state index in [-0.39, 0.29) is 24.0 Å². The van der Waals surface area contributed by atoms with Crippen molar-refractivity contribution in [2.75, 3.05) is 19.7 Å². The van der Waals surface area contributed by atoms with Gasteiger partial charge in [0, 0.05) is 23.2 Å². The maximum absolute atomic E-state index is 10.7. The highest BCUT2D eigenvalue weighted by Gasteiger charge is 2.24. The molecule has 0 fully saturated rings. The number of thiophene rings is 1. The molecule has 3 N–H and O–H groups in total. The number of hydrogen-bond acceptors (Lipinski definition) is 5. The number of hydrogen-bond donors (Lipinski definition) is 3. The third-order valence-corrected chi connectivity index (χ3v) is 5.11. The van der Waals surface area contributed by atoms with Crippen molar-refractivity contribution in [2.45, 2.75) is 45.8 Å². The minimum Gasteiger partial charge on any atom is -0.477 e. The first-order valence-electron chi connectivity index (χ1n) is 9.42. The molecular formula is C20H31IN4O2S. The SMILES string of the molecule is CCCCOc1ncccc1CN=C(NCC)NCC(C)(O)c1cccs1.I. The molecule has 28 heavy (non-hydrogen) atoms. The number of nitrogens with zero attached hydrogens (tertiary/aromatic N) is 2. The standard InChI is InChI=1S/C20H30N4O2S.HI/c1-4-6-12-26-18-16(9-7-11-22-18)14-23-19(21-5-2)24-15-20(3,25)17-10-8-13-27-17;/h7-11,13,25H,4-6,12,14-15H2,1-3H3,(H2,21,23,24);1H. The summed E-state index contributed by atoms with van der Waals surface area (Å²) in [6.45, 7) is 8.16. The van der Waals surface area contributed by atoms with E-state index in [9.17, 15) is 5.11 Å². The van der Waals surface area contributed by atoms with Crippen LogP contribution in [0.4, 0.5) is 0 Å². The number of unbranched alkanes of at least 4 members (excludes halogenated alkanes) is 1. The molecule has 0 bridgehead atoms. The molecule has 2 aromatic heterocycles. The molecule has 2 aromatic rings. The van der Waals surface area contributed by atoms with Gasteiger partial charge in [0.15, 0.2) is 5.96 Å². The second-order valence-corrected chi connectivity index (χ2v) is 7.42. The van der Waals surface area contributed by atoms with E-state index in [1.165, 1.54) is 0 Å². The number of nitrogens with one attached hydrogen (secondary N) is 2. The van der Waals surface area contributed by atoms with Gasteiger partial charge in [-0.15, -0.1) is 35.3 Å². The second-order valence-electron chi connectivity index (χ2n) is 6.47. The van der Waals surface area contributed by atoms with Crippen LogP contribution in [0.3, 0.4) is 0 Å². The number of halogens is 1. The Morgan fingerprint density at radius 1 is 1.29 bits per heavy atom. The lowest BCUT2D eigenvalue weighted by Gasteiger charge is -2.23. The normalized spacial score (nSPS) is 13.4. The number of pyridine rings is 1. The average Bonchev–Trinajstić information content (AvgIpc) is 3.21. The van der Waals surface area contributed by atoms with Gasteiger partial charge in [-0.25, -0.2) is 9.98 Å². The predicted molar refractivity (Wildman–Crippen MR) is 127 cm³/mol. The van der Waals surface area contributed by atoms with Gasteiger partial charge in [-0.1, -0.05) is 25.5 Å². The van der Waals surface area contributed by atoms with Crippen molar-refractivity contribution in [1.29, 1.82) is 0 Å². The summed E-state index contributed by atoms with van der Waals surface area (Å²) >= 11 is 1.54. The third-order valence-electron chi connectivity index (χ3n) is 3.99. The molecule has 6 nitrogen and oxygen atoms in total. The van der Waals surface area contributed by atoms with Crippen LogP contribution in [0.1, 0.15) is 44.1 Å². The first-order chi connectivity index (χ1) is 13.1. The Bertz CT molecular complexity index is 708. The van der Waals surface area contributed by atoms with Crippen LogP contribution < -0.4 is 15.4 Å². The van der Waals surface area contributed by atoms with E-state index in [0.29, 0.717) is 31.5 Å². The maximum Gasteiger partial charge on any atom is 0.218 e. The molecule has 2 rings (SSSR count). The van der Waals surface area contributed by atoms with Crippen LogP contribution in [0.15, 0.2) is 40.8 Å². The Labute approximate surface area is 188 Å². The summed E-state index contributed by atoms with van der Waals surface area (Å²) in [5, 5.41) is 19.1. The van der Waals surface area contributed by atoms with Gasteiger partial charge in [-0.05, 0) is 37.8 Å². The fraction of sp³-hybridized carbons (Fsp3) is 0.500. The Morgan fingerprint density at radius 3 is 2.79 bits per heavy atom. The van der Waals surface area contributed by atoms with E-state index in [1.807, 2.05) is 36.6 Å². The van der Waals surface area contributed by atoms with Gasteiger partial charge < -0.3 is 20.5 Å². The largest absolute Gasteiger partial charge is 0.477 e. The van der Waals surface area contributed by atoms with E-state index in [4.69, 9.17) is 4.74 Å². The molecule has 8 heteroatoms. The predicted octanol–water partition coefficient (Wildman–Crippen LogP) is 3.90. The molecule has 0 aliphatic heterocycles. The van der Waals surface area contributed by atoms with Gasteiger partial charge in [0.1, 0.15) is 5.60 Å². The van der Waals surface area contributed by atoms with Crippen molar-refractivity contribution >= 4 is 41.3 Å². The fourth-order valence-electron chi connectivity index (χ4n) is 2.42. The van der Waals surface area contributed by atoms with Gasteiger partial charge in [0.05, 0.1) is 19.7 Å². The number of aliphatic hydroxyl groups is 1. The molecule has 0 aliphatic rings. The van der Waals surface area contributed by atoms with Gasteiger partial charge in [0.25, 0.3) is 0 Å². The number of guanidine groups is 1. The highest BCUT2D eigenvalue weighted by Crippen LogP contribution is 2.24. The minimum absolute atomic E-state index is 0. The van der Waals surface area contributed by atoms with Crippen LogP contribution in [0.2, 0.25) is 0 Å². The molecule has 156 valence electrons. The van der Waals surface area contributed by atoms with Crippen LogP contribution >= 0.6 is 35.3 Å². The lowest BCUT2D eigenvalue weighted by atomic mass is 10.1. The zero-order valence-electron chi connectivity index (χ0n) is 16.8. The first-order valence-corrected chi connectivity index (χ1v) is 10.3. The summed E-state index contributed by atoms with van der Waals surface area (Å²) < 4.78 is 5.77. The average molecular weight is 518 g/mol. The zero-order valence-corrected chi connectivity index (χ0v) is 19.9. The van der Waals surface area contributed by atoms with Crippen LogP contribution in [-0.2, 0) is 12.1 Å². The number of ether oxygens (including phenoxy) is 1. The summed E-state index contributed by atoms with van der Waals surface area (Å²) in [5.74, 6) is 1.29. The van der Waals surface area contributed by atoms with Crippen molar-refractivity contribution in [1.82, 2.24) is 15.6 Å². The Balaban J connectivity index is 0.00000392. The molecular weight excluding hydrogens is 487 g/mol. The zero-order chi connectivity index (χ0) is 19.5. The highest BCUT2D eigenvalue weighted by atomic mass is 127. The van der Waals surface area contributed by atoms with Crippen molar-refractivity contribution in [2.24, 2.45) is 4.99 Å². The van der Waals surface area contributed by atoms with E-state index < -0.39 is 5.60 Å². The van der Waals surface area contributed by atoms with Crippen molar-refractivity contribution in [3.8, 4) is 5.88 Å². The van der Waals surface area contributed by atoms with Crippen LogP contribution in [0, 0.1) is 0 Å². The quantitative estimate of drug-likeness (QED) is 0.193. The lowest BCUT2D eigenvalue weighted by molar-refractivity contribution is 0.0655. The maximum atomic E-state index is 10.7. The van der Waals surface area contributed by atoms with E-state index in [2.05, 4.69) is 27.5 Å². The van der Waals surface area contributed by atoms with Gasteiger partial charge in [0.2, 0.25) is 5.88 Å². The van der Waals surface area contributed by atoms with Crippen LogP contribution in [-0.4, -0.2) is 35.7 Å². The summed E-state index contributed by atoms with van der Waals surface area (Å²) in [7, 11) is 0. The summed E-state index contributed by atoms with van der Waals surface area (Å²) in [5.41, 5.74) is -0.0107. The molecule has 1 unspecified atom stereocenters. The molecule has 0 radical (unpaired) electrons. The molecule has 0 amide bonds. The van der Waals surface area contributed by atoms with E-state index in [0.717, 1.165) is 29.8 Å². The van der Waals surface area contributed by atoms with Gasteiger partial charge >= 0.3 is 0 Å². The van der Waals surface area contributed by atoms with E-state index in [1.54, 1.807) is 24.5 Å². The monoisotopic (exact) mass is 518 g/mol. The molecule has 0 saturated carbocycles. The Kier molecular flexibility index (Phi) is 11.4. The topological polar surface area (TPSA) is 78.8 Å². The van der Waals surface area contributed by atoms with Crippen molar-refractivity contribution in [3.63, 3.8) is 0 Å². The molecule has 0 aromatic carbocycles. The molecule has 0 saturated heterocycles. The van der Waals surface area contributed by atoms with Crippen LogP contribution in [0.5, 0.6) is 5.88 Å².